The van der Waals surface area contributed by atoms with Crippen LogP contribution in [0, 0.1) is 34.5 Å². The van der Waals surface area contributed by atoms with Crippen LogP contribution in [0.15, 0.2) is 30.5 Å². The highest BCUT2D eigenvalue weighted by molar-refractivity contribution is 5.53. The van der Waals surface area contributed by atoms with Crippen molar-refractivity contribution < 1.29 is 23.0 Å². The van der Waals surface area contributed by atoms with Gasteiger partial charge in [-0.05, 0) is 61.3 Å². The first-order valence-electron chi connectivity index (χ1n) is 13.2. The number of rotatable bonds is 8. The third kappa shape index (κ3) is 4.99. The van der Waals surface area contributed by atoms with E-state index in [0.717, 1.165) is 38.4 Å². The normalized spacial score (nSPS) is 30.5. The SMILES string of the molecule is N#Cc1cnc(NCc2ccccc2OC(F)(F)F)nc1NC[C@]12CC3C[C@H](C1)[C@H](N1CC(O)C1)[C@@H](C3)C2. The smallest absolute Gasteiger partial charge is 0.405 e. The minimum atomic E-state index is -4.79. The quantitative estimate of drug-likeness (QED) is 0.470. The predicted molar refractivity (Wildman–Crippen MR) is 133 cm³/mol. The minimum absolute atomic E-state index is 0.0269. The zero-order valence-corrected chi connectivity index (χ0v) is 20.9. The highest BCUT2D eigenvalue weighted by Crippen LogP contribution is 2.61. The van der Waals surface area contributed by atoms with Gasteiger partial charge in [-0.1, -0.05) is 18.2 Å². The molecule has 1 aromatic carbocycles. The second-order valence-electron chi connectivity index (χ2n) is 11.5. The summed E-state index contributed by atoms with van der Waals surface area (Å²) < 4.78 is 42.4. The molecule has 11 heteroatoms. The monoisotopic (exact) mass is 528 g/mol. The van der Waals surface area contributed by atoms with Crippen LogP contribution < -0.4 is 15.4 Å². The van der Waals surface area contributed by atoms with Crippen LogP contribution >= 0.6 is 0 Å². The number of ether oxygens (including phenoxy) is 1. The van der Waals surface area contributed by atoms with Crippen molar-refractivity contribution in [1.82, 2.24) is 14.9 Å². The molecule has 2 heterocycles. The van der Waals surface area contributed by atoms with Gasteiger partial charge in [0.05, 0.1) is 12.3 Å². The Morgan fingerprint density at radius 1 is 1.13 bits per heavy atom. The highest BCUT2D eigenvalue weighted by atomic mass is 19.4. The second-order valence-corrected chi connectivity index (χ2v) is 11.5. The Balaban J connectivity index is 1.13. The van der Waals surface area contributed by atoms with Gasteiger partial charge in [0, 0.05) is 37.8 Å². The van der Waals surface area contributed by atoms with E-state index in [1.54, 1.807) is 6.07 Å². The fraction of sp³-hybridized carbons (Fsp3) is 0.593. The van der Waals surface area contributed by atoms with Crippen LogP contribution in [0.4, 0.5) is 24.9 Å². The third-order valence-electron chi connectivity index (χ3n) is 8.84. The Morgan fingerprint density at radius 3 is 2.55 bits per heavy atom. The molecule has 1 unspecified atom stereocenters. The Labute approximate surface area is 219 Å². The first kappa shape index (κ1) is 25.2. The number of nitriles is 1. The number of nitrogens with zero attached hydrogens (tertiary/aromatic N) is 4. The van der Waals surface area contributed by atoms with E-state index in [9.17, 15) is 23.5 Å². The minimum Gasteiger partial charge on any atom is -0.405 e. The van der Waals surface area contributed by atoms with Crippen LogP contribution in [-0.4, -0.2) is 58.1 Å². The number of hydrogen-bond acceptors (Lipinski definition) is 8. The van der Waals surface area contributed by atoms with Crippen molar-refractivity contribution in [3.05, 3.63) is 41.6 Å². The van der Waals surface area contributed by atoms with Gasteiger partial charge in [0.1, 0.15) is 23.2 Å². The predicted octanol–water partition coefficient (Wildman–Crippen LogP) is 4.14. The van der Waals surface area contributed by atoms with Gasteiger partial charge in [-0.3, -0.25) is 4.90 Å². The van der Waals surface area contributed by atoms with Gasteiger partial charge in [0.15, 0.2) is 0 Å². The molecule has 4 bridgehead atoms. The number of halogens is 3. The summed E-state index contributed by atoms with van der Waals surface area (Å²) in [5.74, 6) is 2.39. The largest absolute Gasteiger partial charge is 0.573 e. The molecule has 5 atom stereocenters. The van der Waals surface area contributed by atoms with Gasteiger partial charge in [-0.25, -0.2) is 4.98 Å². The van der Waals surface area contributed by atoms with E-state index in [-0.39, 0.29) is 29.8 Å². The van der Waals surface area contributed by atoms with Gasteiger partial charge in [-0.2, -0.15) is 10.2 Å². The summed E-state index contributed by atoms with van der Waals surface area (Å²) in [4.78, 5) is 11.2. The molecule has 5 fully saturated rings. The number of alkyl halides is 3. The average molecular weight is 529 g/mol. The molecule has 0 radical (unpaired) electrons. The third-order valence-corrected chi connectivity index (χ3v) is 8.84. The molecule has 1 aromatic heterocycles. The van der Waals surface area contributed by atoms with Gasteiger partial charge >= 0.3 is 6.36 Å². The van der Waals surface area contributed by atoms with Crippen LogP contribution in [0.5, 0.6) is 5.75 Å². The lowest BCUT2D eigenvalue weighted by molar-refractivity contribution is -0.274. The maximum Gasteiger partial charge on any atom is 0.573 e. The zero-order chi connectivity index (χ0) is 26.5. The number of anilines is 2. The molecular formula is C27H31F3N6O2. The molecule has 4 saturated carbocycles. The summed E-state index contributed by atoms with van der Waals surface area (Å²) in [6, 6.07) is 8.63. The number of β-amino-alcohol motifs (C(OH)–C–C–N with tert-alkyl or cyclic N) is 1. The van der Waals surface area contributed by atoms with Crippen molar-refractivity contribution in [2.45, 2.75) is 57.2 Å². The van der Waals surface area contributed by atoms with E-state index < -0.39 is 6.36 Å². The van der Waals surface area contributed by atoms with Crippen LogP contribution in [0.25, 0.3) is 0 Å². The lowest BCUT2D eigenvalue weighted by Crippen LogP contribution is -2.66. The Kier molecular flexibility index (Phi) is 6.35. The number of benzene rings is 1. The summed E-state index contributed by atoms with van der Waals surface area (Å²) in [6.45, 7) is 2.34. The number of para-hydroxylation sites is 1. The van der Waals surface area contributed by atoms with Crippen LogP contribution in [0.1, 0.15) is 43.2 Å². The fourth-order valence-electron chi connectivity index (χ4n) is 7.71. The molecule has 0 amide bonds. The number of hydrogen-bond donors (Lipinski definition) is 3. The van der Waals surface area contributed by atoms with Crippen molar-refractivity contribution in [1.29, 1.82) is 5.26 Å². The molecule has 1 saturated heterocycles. The number of nitrogens with one attached hydrogen (secondary N) is 2. The van der Waals surface area contributed by atoms with Crippen molar-refractivity contribution >= 4 is 11.8 Å². The van der Waals surface area contributed by atoms with E-state index in [2.05, 4.69) is 36.3 Å². The van der Waals surface area contributed by atoms with Crippen molar-refractivity contribution in [2.75, 3.05) is 30.3 Å². The molecule has 8 nitrogen and oxygen atoms in total. The van der Waals surface area contributed by atoms with E-state index >= 15 is 0 Å². The Morgan fingerprint density at radius 2 is 1.87 bits per heavy atom. The lowest BCUT2D eigenvalue weighted by atomic mass is 9.47. The Bertz CT molecular complexity index is 1210. The number of aliphatic hydroxyl groups excluding tert-OH is 1. The number of likely N-dealkylation sites (tertiary alicyclic amines) is 1. The molecule has 0 spiro atoms. The van der Waals surface area contributed by atoms with E-state index in [4.69, 9.17) is 0 Å². The van der Waals surface area contributed by atoms with Crippen LogP contribution in [0.2, 0.25) is 0 Å². The van der Waals surface area contributed by atoms with Gasteiger partial charge in [0.25, 0.3) is 0 Å². The molecule has 7 rings (SSSR count). The number of aromatic nitrogens is 2. The average Bonchev–Trinajstić information content (AvgIpc) is 2.84. The molecule has 1 aliphatic heterocycles. The summed E-state index contributed by atoms with van der Waals surface area (Å²) in [6.07, 6.45) is 2.44. The van der Waals surface area contributed by atoms with Gasteiger partial charge < -0.3 is 20.5 Å². The Hall–Kier alpha value is -3.10. The first-order chi connectivity index (χ1) is 18.2. The summed E-state index contributed by atoms with van der Waals surface area (Å²) in [7, 11) is 0. The number of aliphatic hydroxyl groups is 1. The summed E-state index contributed by atoms with van der Waals surface area (Å²) in [5, 5.41) is 25.9. The molecule has 5 aliphatic rings. The van der Waals surface area contributed by atoms with E-state index in [1.165, 1.54) is 43.7 Å². The van der Waals surface area contributed by atoms with Gasteiger partial charge in [-0.15, -0.1) is 13.2 Å². The van der Waals surface area contributed by atoms with E-state index in [1.807, 2.05) is 0 Å². The molecule has 202 valence electrons. The standard InChI is InChI=1S/C27H31F3N6O2/c28-27(29,30)38-22-4-2-1-3-17(22)11-32-25-33-12-20(10-31)24(35-25)34-15-26-7-16-5-18(8-26)23(19(6-16)9-26)36-13-21(37)14-36/h1-4,12,16,18-19,21,23,37H,5-9,11,13-15H2,(H2,32,33,34,35)/t16?,18-,19+,23+,26-. The van der Waals surface area contributed by atoms with Crippen molar-refractivity contribution in [3.8, 4) is 11.8 Å². The maximum absolute atomic E-state index is 12.8. The zero-order valence-electron chi connectivity index (χ0n) is 20.9. The molecule has 38 heavy (non-hydrogen) atoms. The summed E-state index contributed by atoms with van der Waals surface area (Å²) in [5.41, 5.74) is 0.800. The van der Waals surface area contributed by atoms with Crippen molar-refractivity contribution in [3.63, 3.8) is 0 Å². The summed E-state index contributed by atoms with van der Waals surface area (Å²) >= 11 is 0. The lowest BCUT2D eigenvalue weighted by Gasteiger charge is -2.63. The van der Waals surface area contributed by atoms with Crippen LogP contribution in [-0.2, 0) is 6.54 Å². The molecule has 3 N–H and O–H groups in total. The topological polar surface area (TPSA) is 106 Å². The second kappa shape index (κ2) is 9.58. The highest BCUT2D eigenvalue weighted by Gasteiger charge is 2.57. The van der Waals surface area contributed by atoms with E-state index in [0.29, 0.717) is 34.8 Å². The van der Waals surface area contributed by atoms with Crippen molar-refractivity contribution in [2.24, 2.45) is 23.2 Å². The molecule has 4 aliphatic carbocycles. The first-order valence-corrected chi connectivity index (χ1v) is 13.2. The molecule has 2 aromatic rings. The fourth-order valence-corrected chi connectivity index (χ4v) is 7.71. The van der Waals surface area contributed by atoms with Gasteiger partial charge in [0.2, 0.25) is 5.95 Å². The van der Waals surface area contributed by atoms with Crippen LogP contribution in [0.3, 0.4) is 0 Å². The molecular weight excluding hydrogens is 497 g/mol. The maximum atomic E-state index is 12.8.